The van der Waals surface area contributed by atoms with E-state index in [1.54, 1.807) is 0 Å². The van der Waals surface area contributed by atoms with Crippen LogP contribution >= 0.6 is 0 Å². The van der Waals surface area contributed by atoms with E-state index in [1.165, 1.54) is 38.5 Å². The lowest BCUT2D eigenvalue weighted by atomic mass is 9.45. The van der Waals surface area contributed by atoms with Crippen LogP contribution in [0.5, 0.6) is 0 Å². The van der Waals surface area contributed by atoms with Crippen LogP contribution in [0.15, 0.2) is 0 Å². The summed E-state index contributed by atoms with van der Waals surface area (Å²) in [6.07, 6.45) is 10.8. The molecular formula is C25H42N2O3. The topological polar surface area (TPSA) is 61.8 Å². The number of carbonyl (C=O) groups excluding carboxylic acids is 1. The van der Waals surface area contributed by atoms with Crippen LogP contribution in [-0.2, 0) is 9.53 Å². The van der Waals surface area contributed by atoms with Gasteiger partial charge in [0.05, 0.1) is 25.9 Å². The van der Waals surface area contributed by atoms with Gasteiger partial charge in [-0.1, -0.05) is 13.8 Å². The Balaban J connectivity index is 1.25. The van der Waals surface area contributed by atoms with E-state index in [0.29, 0.717) is 18.0 Å². The van der Waals surface area contributed by atoms with Gasteiger partial charge in [-0.15, -0.1) is 0 Å². The van der Waals surface area contributed by atoms with Gasteiger partial charge in [0, 0.05) is 19.1 Å². The molecule has 5 aliphatic rings. The lowest BCUT2D eigenvalue weighted by Crippen LogP contribution is -2.56. The van der Waals surface area contributed by atoms with Crippen LogP contribution in [0, 0.1) is 34.5 Å². The standard InChI is InChI=1S/C25H42N2O3/c1-24-9-7-18(28)15-17(24)3-4-19-20-5-6-22(25(20,2)10-8-21(19)24)26-23(29)16-27-11-13-30-14-12-27/h17-22,28H,3-16H2,1-2H3,(H,26,29)/t17-,18?,19?,20?,21?,22?,24?,25?/m0/s1. The minimum Gasteiger partial charge on any atom is -0.393 e. The van der Waals surface area contributed by atoms with Gasteiger partial charge in [0.25, 0.3) is 0 Å². The first-order valence-corrected chi connectivity index (χ1v) is 12.7. The zero-order chi connectivity index (χ0) is 20.9. The second kappa shape index (κ2) is 8.04. The Hall–Kier alpha value is -0.650. The van der Waals surface area contributed by atoms with Crippen LogP contribution in [-0.4, -0.2) is 60.9 Å². The van der Waals surface area contributed by atoms with Gasteiger partial charge in [0.2, 0.25) is 5.91 Å². The van der Waals surface area contributed by atoms with Crippen LogP contribution in [0.1, 0.15) is 71.6 Å². The lowest BCUT2D eigenvalue weighted by molar-refractivity contribution is -0.131. The number of fused-ring (bicyclic) bond motifs is 5. The molecule has 1 aliphatic heterocycles. The van der Waals surface area contributed by atoms with Crippen molar-refractivity contribution in [2.24, 2.45) is 34.5 Å². The highest BCUT2D eigenvalue weighted by Gasteiger charge is 2.60. The van der Waals surface area contributed by atoms with Crippen LogP contribution in [0.2, 0.25) is 0 Å². The molecule has 0 spiro atoms. The average Bonchev–Trinajstić information content (AvgIpc) is 3.05. The van der Waals surface area contributed by atoms with Crippen molar-refractivity contribution in [1.29, 1.82) is 0 Å². The second-order valence-electron chi connectivity index (χ2n) is 11.7. The monoisotopic (exact) mass is 418 g/mol. The molecule has 170 valence electrons. The third kappa shape index (κ3) is 3.53. The van der Waals surface area contributed by atoms with Crippen molar-refractivity contribution in [3.8, 4) is 0 Å². The minimum absolute atomic E-state index is 0.0639. The number of carbonyl (C=O) groups is 1. The van der Waals surface area contributed by atoms with Crippen LogP contribution in [0.3, 0.4) is 0 Å². The quantitative estimate of drug-likeness (QED) is 0.739. The highest BCUT2D eigenvalue weighted by Crippen LogP contribution is 2.66. The predicted octanol–water partition coefficient (Wildman–Crippen LogP) is 3.21. The molecule has 5 rings (SSSR count). The van der Waals surface area contributed by atoms with Crippen molar-refractivity contribution >= 4 is 5.91 Å². The van der Waals surface area contributed by atoms with Gasteiger partial charge in [-0.2, -0.15) is 0 Å². The number of aliphatic hydroxyl groups excluding tert-OH is 1. The fourth-order valence-corrected chi connectivity index (χ4v) is 8.67. The van der Waals surface area contributed by atoms with E-state index >= 15 is 0 Å². The zero-order valence-corrected chi connectivity index (χ0v) is 19.1. The largest absolute Gasteiger partial charge is 0.393 e. The fraction of sp³-hybridized carbons (Fsp3) is 0.960. The van der Waals surface area contributed by atoms with E-state index in [1.807, 2.05) is 0 Å². The predicted molar refractivity (Wildman–Crippen MR) is 117 cm³/mol. The molecule has 1 heterocycles. The maximum atomic E-state index is 12.8. The van der Waals surface area contributed by atoms with Gasteiger partial charge < -0.3 is 15.2 Å². The molecule has 8 atom stereocenters. The number of morpholine rings is 1. The van der Waals surface area contributed by atoms with Gasteiger partial charge >= 0.3 is 0 Å². The molecule has 0 radical (unpaired) electrons. The first kappa shape index (κ1) is 21.2. The van der Waals surface area contributed by atoms with Crippen molar-refractivity contribution in [2.75, 3.05) is 32.8 Å². The molecule has 1 saturated heterocycles. The maximum Gasteiger partial charge on any atom is 0.234 e. The van der Waals surface area contributed by atoms with Crippen molar-refractivity contribution < 1.29 is 14.6 Å². The molecule has 4 aliphatic carbocycles. The first-order valence-electron chi connectivity index (χ1n) is 12.7. The summed E-state index contributed by atoms with van der Waals surface area (Å²) in [6, 6.07) is 0.343. The van der Waals surface area contributed by atoms with Crippen LogP contribution in [0.4, 0.5) is 0 Å². The van der Waals surface area contributed by atoms with Crippen molar-refractivity contribution in [1.82, 2.24) is 10.2 Å². The number of nitrogens with zero attached hydrogens (tertiary/aromatic N) is 1. The molecule has 0 aromatic carbocycles. The maximum absolute atomic E-state index is 12.8. The summed E-state index contributed by atoms with van der Waals surface area (Å²) in [5.41, 5.74) is 0.695. The molecule has 0 bridgehead atoms. The van der Waals surface area contributed by atoms with Gasteiger partial charge in [-0.05, 0) is 92.3 Å². The Morgan fingerprint density at radius 1 is 1.00 bits per heavy atom. The van der Waals surface area contributed by atoms with E-state index in [-0.39, 0.29) is 17.4 Å². The normalized spacial score (nSPS) is 49.0. The highest BCUT2D eigenvalue weighted by atomic mass is 16.5. The number of hydrogen-bond acceptors (Lipinski definition) is 4. The fourth-order valence-electron chi connectivity index (χ4n) is 8.67. The van der Waals surface area contributed by atoms with Crippen LogP contribution < -0.4 is 5.32 Å². The molecule has 5 fully saturated rings. The Morgan fingerprint density at radius 3 is 2.53 bits per heavy atom. The van der Waals surface area contributed by atoms with Crippen molar-refractivity contribution in [2.45, 2.75) is 83.8 Å². The van der Waals surface area contributed by atoms with Gasteiger partial charge in [-0.3, -0.25) is 9.69 Å². The van der Waals surface area contributed by atoms with Crippen LogP contribution in [0.25, 0.3) is 0 Å². The van der Waals surface area contributed by atoms with Gasteiger partial charge in [0.15, 0.2) is 0 Å². The molecule has 5 heteroatoms. The zero-order valence-electron chi connectivity index (χ0n) is 19.1. The molecule has 4 saturated carbocycles. The molecule has 1 amide bonds. The summed E-state index contributed by atoms with van der Waals surface area (Å²) in [5.74, 6) is 3.33. The highest BCUT2D eigenvalue weighted by molar-refractivity contribution is 5.78. The van der Waals surface area contributed by atoms with Gasteiger partial charge in [-0.25, -0.2) is 0 Å². The Labute approximate surface area is 182 Å². The summed E-state index contributed by atoms with van der Waals surface area (Å²) >= 11 is 0. The third-order valence-electron chi connectivity index (χ3n) is 10.4. The molecule has 2 N–H and O–H groups in total. The Bertz CT molecular complexity index is 650. The Morgan fingerprint density at radius 2 is 1.73 bits per heavy atom. The smallest absolute Gasteiger partial charge is 0.234 e. The van der Waals surface area contributed by atoms with Crippen molar-refractivity contribution in [3.05, 3.63) is 0 Å². The van der Waals surface area contributed by atoms with E-state index < -0.39 is 0 Å². The molecule has 0 aromatic rings. The summed E-state index contributed by atoms with van der Waals surface area (Å²) in [7, 11) is 0. The van der Waals surface area contributed by atoms with E-state index in [4.69, 9.17) is 4.74 Å². The number of hydrogen-bond donors (Lipinski definition) is 2. The molecular weight excluding hydrogens is 376 g/mol. The number of nitrogens with one attached hydrogen (secondary N) is 1. The average molecular weight is 419 g/mol. The SMILES string of the molecule is CC12CCC3C(CC[C@H]4CC(O)CCC34C)C1CCC2NC(=O)CN1CCOCC1. The summed E-state index contributed by atoms with van der Waals surface area (Å²) in [6.45, 7) is 8.80. The number of aliphatic hydroxyl groups is 1. The van der Waals surface area contributed by atoms with Gasteiger partial charge in [0.1, 0.15) is 0 Å². The third-order valence-corrected chi connectivity index (χ3v) is 10.4. The summed E-state index contributed by atoms with van der Waals surface area (Å²) < 4.78 is 5.42. The Kier molecular flexibility index (Phi) is 5.69. The molecule has 7 unspecified atom stereocenters. The van der Waals surface area contributed by atoms with E-state index in [0.717, 1.165) is 69.2 Å². The molecule has 5 nitrogen and oxygen atoms in total. The number of amides is 1. The van der Waals surface area contributed by atoms with Crippen molar-refractivity contribution in [3.63, 3.8) is 0 Å². The summed E-state index contributed by atoms with van der Waals surface area (Å²) in [5, 5.41) is 13.7. The second-order valence-corrected chi connectivity index (χ2v) is 11.7. The van der Waals surface area contributed by atoms with E-state index in [2.05, 4.69) is 24.1 Å². The minimum atomic E-state index is -0.0639. The number of ether oxygens (including phenoxy) is 1. The molecule has 0 aromatic heterocycles. The van der Waals surface area contributed by atoms with E-state index in [9.17, 15) is 9.90 Å². The summed E-state index contributed by atoms with van der Waals surface area (Å²) in [4.78, 5) is 15.0. The molecule has 30 heavy (non-hydrogen) atoms. The number of rotatable bonds is 3. The lowest BCUT2D eigenvalue weighted by Gasteiger charge is -2.61. The first-order chi connectivity index (χ1) is 14.4.